The van der Waals surface area contributed by atoms with Crippen molar-refractivity contribution >= 4 is 17.2 Å². The van der Waals surface area contributed by atoms with E-state index in [1.54, 1.807) is 11.0 Å². The lowest BCUT2D eigenvalue weighted by molar-refractivity contribution is 0.0707. The second-order valence-corrected chi connectivity index (χ2v) is 5.47. The topological polar surface area (TPSA) is 40.5 Å². The van der Waals surface area contributed by atoms with Crippen molar-refractivity contribution in [3.8, 4) is 11.8 Å². The fraction of sp³-hybridized carbons (Fsp3) is 0.500. The number of rotatable bonds is 3. The van der Waals surface area contributed by atoms with Gasteiger partial charge in [-0.15, -0.1) is 11.3 Å². The largest absolute Gasteiger partial charge is 0.384 e. The van der Waals surface area contributed by atoms with Gasteiger partial charge in [0.25, 0.3) is 5.91 Å². The van der Waals surface area contributed by atoms with E-state index in [0.717, 1.165) is 4.88 Å². The van der Waals surface area contributed by atoms with Crippen molar-refractivity contribution in [3.05, 3.63) is 21.9 Å². The Morgan fingerprint density at radius 3 is 2.72 bits per heavy atom. The van der Waals surface area contributed by atoms with Gasteiger partial charge in [0.15, 0.2) is 0 Å². The highest BCUT2D eigenvalue weighted by Crippen LogP contribution is 2.17. The molecule has 1 aromatic rings. The Hall–Kier alpha value is -1.31. The molecule has 0 saturated heterocycles. The van der Waals surface area contributed by atoms with Crippen LogP contribution in [0.1, 0.15) is 36.0 Å². The number of aliphatic hydroxyl groups is 1. The van der Waals surface area contributed by atoms with Gasteiger partial charge in [-0.2, -0.15) is 0 Å². The molecule has 3 nitrogen and oxygen atoms in total. The summed E-state index contributed by atoms with van der Waals surface area (Å²) in [5.74, 6) is 5.83. The van der Waals surface area contributed by atoms with Gasteiger partial charge < -0.3 is 10.0 Å². The Labute approximate surface area is 112 Å². The van der Waals surface area contributed by atoms with E-state index in [4.69, 9.17) is 5.11 Å². The zero-order valence-electron chi connectivity index (χ0n) is 11.2. The van der Waals surface area contributed by atoms with Gasteiger partial charge in [-0.05, 0) is 18.9 Å². The van der Waals surface area contributed by atoms with Crippen LogP contribution in [-0.2, 0) is 0 Å². The van der Waals surface area contributed by atoms with Crippen molar-refractivity contribution in [2.45, 2.75) is 26.8 Å². The van der Waals surface area contributed by atoms with Crippen molar-refractivity contribution in [1.82, 2.24) is 4.90 Å². The molecule has 0 radical (unpaired) electrons. The van der Waals surface area contributed by atoms with Gasteiger partial charge in [0.1, 0.15) is 6.61 Å². The number of hydrogen-bond acceptors (Lipinski definition) is 3. The van der Waals surface area contributed by atoms with Crippen LogP contribution in [0.3, 0.4) is 0 Å². The summed E-state index contributed by atoms with van der Waals surface area (Å²) in [6.45, 7) is 6.08. The molecule has 0 aromatic carbocycles. The van der Waals surface area contributed by atoms with E-state index in [1.807, 2.05) is 19.4 Å². The minimum atomic E-state index is -0.161. The van der Waals surface area contributed by atoms with E-state index in [9.17, 15) is 4.79 Å². The molecule has 18 heavy (non-hydrogen) atoms. The molecule has 0 aliphatic rings. The van der Waals surface area contributed by atoms with Gasteiger partial charge in [-0.1, -0.05) is 25.7 Å². The number of hydrogen-bond donors (Lipinski definition) is 1. The van der Waals surface area contributed by atoms with Crippen LogP contribution >= 0.6 is 11.3 Å². The molecule has 0 aliphatic carbocycles. The molecular weight excluding hydrogens is 246 g/mol. The van der Waals surface area contributed by atoms with Gasteiger partial charge in [0.2, 0.25) is 0 Å². The first-order chi connectivity index (χ1) is 8.47. The zero-order chi connectivity index (χ0) is 13.7. The quantitative estimate of drug-likeness (QED) is 0.851. The van der Waals surface area contributed by atoms with Crippen LogP contribution in [-0.4, -0.2) is 35.6 Å². The monoisotopic (exact) mass is 265 g/mol. The molecule has 0 aliphatic heterocycles. The average molecular weight is 265 g/mol. The highest BCUT2D eigenvalue weighted by Gasteiger charge is 2.20. The van der Waals surface area contributed by atoms with Crippen molar-refractivity contribution in [2.24, 2.45) is 5.92 Å². The molecule has 4 heteroatoms. The summed E-state index contributed by atoms with van der Waals surface area (Å²) in [6.07, 6.45) is 0. The predicted molar refractivity (Wildman–Crippen MR) is 74.7 cm³/mol. The number of amides is 1. The maximum Gasteiger partial charge on any atom is 0.254 e. The molecule has 0 bridgehead atoms. The molecule has 1 atom stereocenters. The number of aliphatic hydroxyl groups excluding tert-OH is 1. The summed E-state index contributed by atoms with van der Waals surface area (Å²) in [4.78, 5) is 14.8. The van der Waals surface area contributed by atoms with Crippen molar-refractivity contribution in [3.63, 3.8) is 0 Å². The van der Waals surface area contributed by atoms with Crippen molar-refractivity contribution in [2.75, 3.05) is 13.7 Å². The summed E-state index contributed by atoms with van der Waals surface area (Å²) in [7, 11) is 1.82. The maximum atomic E-state index is 12.2. The van der Waals surface area contributed by atoms with Crippen LogP contribution in [0.25, 0.3) is 0 Å². The highest BCUT2D eigenvalue weighted by atomic mass is 32.1. The Morgan fingerprint density at radius 2 is 2.17 bits per heavy atom. The van der Waals surface area contributed by atoms with E-state index in [-0.39, 0.29) is 18.6 Å². The molecule has 0 spiro atoms. The lowest BCUT2D eigenvalue weighted by Crippen LogP contribution is -2.38. The molecule has 1 rings (SSSR count). The second-order valence-electron chi connectivity index (χ2n) is 4.56. The summed E-state index contributed by atoms with van der Waals surface area (Å²) >= 11 is 1.42. The lowest BCUT2D eigenvalue weighted by Gasteiger charge is -2.27. The van der Waals surface area contributed by atoms with Crippen LogP contribution in [0.5, 0.6) is 0 Å². The summed E-state index contributed by atoms with van der Waals surface area (Å²) in [5, 5.41) is 10.4. The summed E-state index contributed by atoms with van der Waals surface area (Å²) in [6, 6.07) is 1.98. The molecule has 1 N–H and O–H groups in total. The van der Waals surface area contributed by atoms with E-state index in [0.29, 0.717) is 11.5 Å². The van der Waals surface area contributed by atoms with Crippen LogP contribution in [0.2, 0.25) is 0 Å². The van der Waals surface area contributed by atoms with E-state index in [2.05, 4.69) is 25.7 Å². The Morgan fingerprint density at radius 1 is 1.50 bits per heavy atom. The van der Waals surface area contributed by atoms with Gasteiger partial charge in [0.05, 0.1) is 10.4 Å². The predicted octanol–water partition coefficient (Wildman–Crippen LogP) is 2.21. The SMILES string of the molecule is CC(C)C(C)N(C)C(=O)c1csc(C#CCO)c1. The third-order valence-corrected chi connectivity index (χ3v) is 3.88. The minimum absolute atomic E-state index is 0.0181. The van der Waals surface area contributed by atoms with Gasteiger partial charge >= 0.3 is 0 Å². The third kappa shape index (κ3) is 3.59. The number of carbonyl (C=O) groups excluding carboxylic acids is 1. The summed E-state index contributed by atoms with van der Waals surface area (Å²) < 4.78 is 0. The Bertz CT molecular complexity index is 468. The Kier molecular flexibility index (Phi) is 5.39. The van der Waals surface area contributed by atoms with Crippen LogP contribution < -0.4 is 0 Å². The van der Waals surface area contributed by atoms with Crippen molar-refractivity contribution in [1.29, 1.82) is 0 Å². The molecule has 1 heterocycles. The van der Waals surface area contributed by atoms with Crippen LogP contribution in [0, 0.1) is 17.8 Å². The summed E-state index contributed by atoms with van der Waals surface area (Å²) in [5.41, 5.74) is 0.664. The maximum absolute atomic E-state index is 12.2. The molecule has 1 unspecified atom stereocenters. The molecule has 0 fully saturated rings. The van der Waals surface area contributed by atoms with E-state index in [1.165, 1.54) is 11.3 Å². The van der Waals surface area contributed by atoms with Crippen LogP contribution in [0.15, 0.2) is 11.4 Å². The molecule has 0 saturated carbocycles. The van der Waals surface area contributed by atoms with Gasteiger partial charge in [-0.3, -0.25) is 4.79 Å². The lowest BCUT2D eigenvalue weighted by atomic mass is 10.0. The first-order valence-electron chi connectivity index (χ1n) is 5.92. The molecule has 1 aromatic heterocycles. The van der Waals surface area contributed by atoms with Gasteiger partial charge in [-0.25, -0.2) is 0 Å². The average Bonchev–Trinajstić information content (AvgIpc) is 2.82. The van der Waals surface area contributed by atoms with E-state index >= 15 is 0 Å². The number of thiophene rings is 1. The van der Waals surface area contributed by atoms with Gasteiger partial charge in [0, 0.05) is 18.5 Å². The highest BCUT2D eigenvalue weighted by molar-refractivity contribution is 7.10. The minimum Gasteiger partial charge on any atom is -0.384 e. The standard InChI is InChI=1S/C14H19NO2S/c1-10(2)11(3)15(4)14(17)12-8-13(18-9-12)6-5-7-16/h8-11,16H,7H2,1-4H3. The molecule has 1 amide bonds. The fourth-order valence-electron chi connectivity index (χ4n) is 1.48. The number of carbonyl (C=O) groups is 1. The third-order valence-electron chi connectivity index (χ3n) is 3.03. The smallest absolute Gasteiger partial charge is 0.254 e. The van der Waals surface area contributed by atoms with Crippen molar-refractivity contribution < 1.29 is 9.90 Å². The van der Waals surface area contributed by atoms with Crippen LogP contribution in [0.4, 0.5) is 0 Å². The molecule has 98 valence electrons. The zero-order valence-corrected chi connectivity index (χ0v) is 12.0. The van der Waals surface area contributed by atoms with E-state index < -0.39 is 0 Å². The fourth-order valence-corrected chi connectivity index (χ4v) is 2.23. The Balaban J connectivity index is 2.81. The number of nitrogens with zero attached hydrogens (tertiary/aromatic N) is 1. The normalized spacial score (nSPS) is 11.9. The first-order valence-corrected chi connectivity index (χ1v) is 6.80. The first kappa shape index (κ1) is 14.7. The second kappa shape index (κ2) is 6.58. The molecular formula is C14H19NO2S.